The highest BCUT2D eigenvalue weighted by atomic mass is 15.1. The molecule has 0 amide bonds. The molecule has 0 bridgehead atoms. The van der Waals surface area contributed by atoms with Crippen LogP contribution in [0.3, 0.4) is 0 Å². The van der Waals surface area contributed by atoms with Crippen molar-refractivity contribution >= 4 is 0 Å². The summed E-state index contributed by atoms with van der Waals surface area (Å²) in [5, 5.41) is 3.62. The Balaban J connectivity index is 1.88. The Morgan fingerprint density at radius 3 is 2.53 bits per heavy atom. The van der Waals surface area contributed by atoms with Gasteiger partial charge in [-0.1, -0.05) is 39.5 Å². The van der Waals surface area contributed by atoms with Crippen LogP contribution in [0.25, 0.3) is 0 Å². The van der Waals surface area contributed by atoms with Crippen molar-refractivity contribution in [2.24, 2.45) is 11.3 Å². The number of nitrogens with one attached hydrogen (secondary N) is 1. The monoisotopic (exact) mass is 266 g/mol. The molecule has 2 saturated carbocycles. The molecular weight excluding hydrogens is 232 g/mol. The van der Waals surface area contributed by atoms with Gasteiger partial charge >= 0.3 is 0 Å². The third kappa shape index (κ3) is 4.19. The molecule has 0 saturated heterocycles. The highest BCUT2D eigenvalue weighted by molar-refractivity contribution is 4.91. The van der Waals surface area contributed by atoms with E-state index < -0.39 is 0 Å². The molecule has 0 heterocycles. The van der Waals surface area contributed by atoms with E-state index in [1.807, 2.05) is 0 Å². The Hall–Kier alpha value is -0.0800. The van der Waals surface area contributed by atoms with E-state index in [2.05, 4.69) is 31.1 Å². The van der Waals surface area contributed by atoms with Crippen LogP contribution in [-0.2, 0) is 0 Å². The number of hydrogen-bond donors (Lipinski definition) is 1. The van der Waals surface area contributed by atoms with Crippen molar-refractivity contribution in [1.29, 1.82) is 0 Å². The number of nitrogens with zero attached hydrogens (tertiary/aromatic N) is 1. The Kier molecular flexibility index (Phi) is 5.70. The van der Waals surface area contributed by atoms with Crippen molar-refractivity contribution in [3.63, 3.8) is 0 Å². The molecule has 0 aromatic carbocycles. The normalized spacial score (nSPS) is 30.9. The molecule has 1 N–H and O–H groups in total. The molecule has 112 valence electrons. The first kappa shape index (κ1) is 15.3. The van der Waals surface area contributed by atoms with E-state index in [0.717, 1.165) is 18.5 Å². The van der Waals surface area contributed by atoms with E-state index in [0.29, 0.717) is 5.41 Å². The van der Waals surface area contributed by atoms with Gasteiger partial charge in [0.25, 0.3) is 0 Å². The Labute approximate surface area is 120 Å². The second-order valence-corrected chi connectivity index (χ2v) is 7.33. The van der Waals surface area contributed by atoms with Crippen molar-refractivity contribution in [2.75, 3.05) is 26.7 Å². The van der Waals surface area contributed by atoms with Gasteiger partial charge in [0, 0.05) is 19.1 Å². The molecule has 0 spiro atoms. The summed E-state index contributed by atoms with van der Waals surface area (Å²) in [4.78, 5) is 2.71. The maximum absolute atomic E-state index is 3.62. The maximum Gasteiger partial charge on any atom is 0.00949 e. The molecule has 2 fully saturated rings. The fourth-order valence-electron chi connectivity index (χ4n) is 4.37. The van der Waals surface area contributed by atoms with Gasteiger partial charge in [-0.2, -0.15) is 0 Å². The third-order valence-corrected chi connectivity index (χ3v) is 5.53. The molecule has 0 aromatic heterocycles. The minimum Gasteiger partial charge on any atom is -0.316 e. The first-order valence-corrected chi connectivity index (χ1v) is 8.56. The summed E-state index contributed by atoms with van der Waals surface area (Å²) in [7, 11) is 2.38. The van der Waals surface area contributed by atoms with Gasteiger partial charge in [-0.25, -0.2) is 0 Å². The van der Waals surface area contributed by atoms with Gasteiger partial charge < -0.3 is 10.2 Å². The molecule has 0 radical (unpaired) electrons. The van der Waals surface area contributed by atoms with Gasteiger partial charge in [-0.15, -0.1) is 0 Å². The van der Waals surface area contributed by atoms with E-state index in [4.69, 9.17) is 0 Å². The lowest BCUT2D eigenvalue weighted by atomic mass is 9.82. The second kappa shape index (κ2) is 7.08. The van der Waals surface area contributed by atoms with E-state index in [9.17, 15) is 0 Å². The van der Waals surface area contributed by atoms with Crippen molar-refractivity contribution in [1.82, 2.24) is 10.2 Å². The summed E-state index contributed by atoms with van der Waals surface area (Å²) in [6.07, 6.45) is 11.5. The minimum absolute atomic E-state index is 0.575. The lowest BCUT2D eigenvalue weighted by Crippen LogP contribution is -2.46. The molecule has 2 rings (SSSR count). The van der Waals surface area contributed by atoms with Gasteiger partial charge in [0.05, 0.1) is 0 Å². The molecular formula is C17H34N2. The van der Waals surface area contributed by atoms with E-state index in [-0.39, 0.29) is 0 Å². The SMILES string of the molecule is CCNCC1(CN(C)C2CCCC(C)C2)CCCC1. The molecule has 0 aliphatic heterocycles. The molecule has 2 atom stereocenters. The first-order valence-electron chi connectivity index (χ1n) is 8.56. The van der Waals surface area contributed by atoms with Crippen LogP contribution < -0.4 is 5.32 Å². The molecule has 2 nitrogen and oxygen atoms in total. The van der Waals surface area contributed by atoms with Gasteiger partial charge in [0.1, 0.15) is 0 Å². The van der Waals surface area contributed by atoms with Crippen molar-refractivity contribution in [2.45, 2.75) is 71.3 Å². The van der Waals surface area contributed by atoms with Crippen LogP contribution in [0.2, 0.25) is 0 Å². The number of hydrogen-bond acceptors (Lipinski definition) is 2. The van der Waals surface area contributed by atoms with Crippen LogP contribution >= 0.6 is 0 Å². The van der Waals surface area contributed by atoms with E-state index in [1.54, 1.807) is 0 Å². The molecule has 0 aromatic rings. The minimum atomic E-state index is 0.575. The summed E-state index contributed by atoms with van der Waals surface area (Å²) < 4.78 is 0. The largest absolute Gasteiger partial charge is 0.316 e. The molecule has 2 unspecified atom stereocenters. The summed E-state index contributed by atoms with van der Waals surface area (Å²) >= 11 is 0. The zero-order chi connectivity index (χ0) is 13.7. The van der Waals surface area contributed by atoms with Crippen molar-refractivity contribution < 1.29 is 0 Å². The van der Waals surface area contributed by atoms with Crippen LogP contribution in [-0.4, -0.2) is 37.6 Å². The smallest absolute Gasteiger partial charge is 0.00949 e. The summed E-state index contributed by atoms with van der Waals surface area (Å²) in [5.74, 6) is 0.939. The molecule has 2 aliphatic rings. The highest BCUT2D eigenvalue weighted by Gasteiger charge is 2.36. The van der Waals surface area contributed by atoms with Crippen LogP contribution in [0.5, 0.6) is 0 Å². The van der Waals surface area contributed by atoms with Crippen molar-refractivity contribution in [3.8, 4) is 0 Å². The first-order chi connectivity index (χ1) is 9.15. The highest BCUT2D eigenvalue weighted by Crippen LogP contribution is 2.39. The zero-order valence-electron chi connectivity index (χ0n) is 13.4. The standard InChI is InChI=1S/C17H34N2/c1-4-18-13-17(10-5-6-11-17)14-19(3)16-9-7-8-15(2)12-16/h15-16,18H,4-14H2,1-3H3. The lowest BCUT2D eigenvalue weighted by molar-refractivity contribution is 0.101. The number of rotatable bonds is 6. The quantitative estimate of drug-likeness (QED) is 0.789. The molecule has 19 heavy (non-hydrogen) atoms. The Morgan fingerprint density at radius 1 is 1.16 bits per heavy atom. The summed E-state index contributed by atoms with van der Waals surface area (Å²) in [6, 6.07) is 0.850. The maximum atomic E-state index is 3.62. The zero-order valence-corrected chi connectivity index (χ0v) is 13.4. The van der Waals surface area contributed by atoms with Crippen molar-refractivity contribution in [3.05, 3.63) is 0 Å². The average Bonchev–Trinajstić information content (AvgIpc) is 2.85. The second-order valence-electron chi connectivity index (χ2n) is 7.33. The topological polar surface area (TPSA) is 15.3 Å². The van der Waals surface area contributed by atoms with E-state index in [1.165, 1.54) is 64.5 Å². The van der Waals surface area contributed by atoms with Gasteiger partial charge in [0.15, 0.2) is 0 Å². The third-order valence-electron chi connectivity index (χ3n) is 5.53. The Morgan fingerprint density at radius 2 is 1.89 bits per heavy atom. The predicted molar refractivity (Wildman–Crippen MR) is 83.5 cm³/mol. The average molecular weight is 266 g/mol. The van der Waals surface area contributed by atoms with Crippen LogP contribution in [0.15, 0.2) is 0 Å². The van der Waals surface area contributed by atoms with Crippen LogP contribution in [0.4, 0.5) is 0 Å². The predicted octanol–water partition coefficient (Wildman–Crippen LogP) is 3.67. The van der Waals surface area contributed by atoms with Gasteiger partial charge in [0.2, 0.25) is 0 Å². The van der Waals surface area contributed by atoms with E-state index >= 15 is 0 Å². The fourth-order valence-corrected chi connectivity index (χ4v) is 4.37. The van der Waals surface area contributed by atoms with Crippen LogP contribution in [0.1, 0.15) is 65.2 Å². The van der Waals surface area contributed by atoms with Gasteiger partial charge in [-0.05, 0) is 50.6 Å². The summed E-state index contributed by atoms with van der Waals surface area (Å²) in [6.45, 7) is 8.33. The molecule has 2 aliphatic carbocycles. The summed E-state index contributed by atoms with van der Waals surface area (Å²) in [5.41, 5.74) is 0.575. The Bertz CT molecular complexity index is 258. The van der Waals surface area contributed by atoms with Crippen LogP contribution in [0, 0.1) is 11.3 Å². The lowest BCUT2D eigenvalue weighted by Gasteiger charge is -2.40. The molecule has 2 heteroatoms. The fraction of sp³-hybridized carbons (Fsp3) is 1.00. The van der Waals surface area contributed by atoms with Gasteiger partial charge in [-0.3, -0.25) is 0 Å².